The molecule has 4 nitrogen and oxygen atoms in total. The van der Waals surface area contributed by atoms with Gasteiger partial charge in [0, 0.05) is 23.8 Å². The Bertz CT molecular complexity index is 691. The average Bonchev–Trinajstić information content (AvgIpc) is 2.77. The van der Waals surface area contributed by atoms with Crippen LogP contribution in [0.2, 0.25) is 10.2 Å². The fourth-order valence-corrected chi connectivity index (χ4v) is 2.06. The molecule has 0 aliphatic heterocycles. The minimum absolute atomic E-state index is 0.354. The van der Waals surface area contributed by atoms with E-state index in [4.69, 9.17) is 23.2 Å². The zero-order valence-electron chi connectivity index (χ0n) is 9.22. The molecule has 0 aliphatic carbocycles. The SMILES string of the molecule is Clc1ccc(Cc2nnc3c(Cl)nccn23)cc1. The highest BCUT2D eigenvalue weighted by Gasteiger charge is 2.09. The number of benzene rings is 1. The molecule has 3 rings (SSSR count). The van der Waals surface area contributed by atoms with Crippen molar-refractivity contribution >= 4 is 28.8 Å². The minimum Gasteiger partial charge on any atom is -0.282 e. The summed E-state index contributed by atoms with van der Waals surface area (Å²) in [5, 5.41) is 9.23. The molecular weight excluding hydrogens is 271 g/mol. The average molecular weight is 279 g/mol. The van der Waals surface area contributed by atoms with Crippen LogP contribution in [0.3, 0.4) is 0 Å². The van der Waals surface area contributed by atoms with E-state index in [-0.39, 0.29) is 0 Å². The maximum absolute atomic E-state index is 5.94. The molecule has 90 valence electrons. The maximum Gasteiger partial charge on any atom is 0.198 e. The molecule has 3 aromatic rings. The summed E-state index contributed by atoms with van der Waals surface area (Å²) in [5.41, 5.74) is 1.68. The molecule has 18 heavy (non-hydrogen) atoms. The van der Waals surface area contributed by atoms with Crippen molar-refractivity contribution in [2.24, 2.45) is 0 Å². The van der Waals surface area contributed by atoms with Gasteiger partial charge in [-0.2, -0.15) is 0 Å². The molecule has 0 aliphatic rings. The fourth-order valence-electron chi connectivity index (χ4n) is 1.75. The van der Waals surface area contributed by atoms with Crippen LogP contribution in [0.4, 0.5) is 0 Å². The first kappa shape index (κ1) is 11.4. The minimum atomic E-state index is 0.354. The summed E-state index contributed by atoms with van der Waals surface area (Å²) in [6.07, 6.45) is 4.09. The van der Waals surface area contributed by atoms with Gasteiger partial charge in [-0.25, -0.2) is 4.98 Å². The van der Waals surface area contributed by atoms with Gasteiger partial charge >= 0.3 is 0 Å². The Hall–Kier alpha value is -1.65. The first-order chi connectivity index (χ1) is 8.74. The van der Waals surface area contributed by atoms with Crippen LogP contribution in [0.25, 0.3) is 5.65 Å². The lowest BCUT2D eigenvalue weighted by molar-refractivity contribution is 0.931. The van der Waals surface area contributed by atoms with Gasteiger partial charge in [0.25, 0.3) is 0 Å². The van der Waals surface area contributed by atoms with Crippen molar-refractivity contribution in [1.82, 2.24) is 19.6 Å². The monoisotopic (exact) mass is 278 g/mol. The number of fused-ring (bicyclic) bond motifs is 1. The van der Waals surface area contributed by atoms with Gasteiger partial charge in [0.15, 0.2) is 10.8 Å². The molecule has 0 bridgehead atoms. The van der Waals surface area contributed by atoms with Gasteiger partial charge in [0.1, 0.15) is 5.82 Å². The number of rotatable bonds is 2. The lowest BCUT2D eigenvalue weighted by Crippen LogP contribution is -1.96. The summed E-state index contributed by atoms with van der Waals surface area (Å²) in [5.74, 6) is 0.816. The van der Waals surface area contributed by atoms with Crippen molar-refractivity contribution in [2.45, 2.75) is 6.42 Å². The lowest BCUT2D eigenvalue weighted by Gasteiger charge is -2.01. The maximum atomic E-state index is 5.94. The molecule has 2 heterocycles. The molecule has 0 unspecified atom stereocenters. The second kappa shape index (κ2) is 4.55. The molecule has 0 radical (unpaired) electrons. The van der Waals surface area contributed by atoms with Crippen molar-refractivity contribution in [2.75, 3.05) is 0 Å². The van der Waals surface area contributed by atoms with Crippen LogP contribution in [0.15, 0.2) is 36.7 Å². The molecule has 0 atom stereocenters. The number of halogens is 2. The van der Waals surface area contributed by atoms with E-state index in [0.717, 1.165) is 16.4 Å². The number of nitrogens with zero attached hydrogens (tertiary/aromatic N) is 4. The third-order valence-corrected chi connectivity index (χ3v) is 3.15. The molecule has 0 N–H and O–H groups in total. The third-order valence-electron chi connectivity index (χ3n) is 2.63. The summed E-state index contributed by atoms with van der Waals surface area (Å²) >= 11 is 11.8. The van der Waals surface area contributed by atoms with Gasteiger partial charge in [0.2, 0.25) is 0 Å². The Morgan fingerprint density at radius 3 is 2.61 bits per heavy atom. The van der Waals surface area contributed by atoms with Gasteiger partial charge in [-0.05, 0) is 17.7 Å². The van der Waals surface area contributed by atoms with Crippen LogP contribution < -0.4 is 0 Å². The molecule has 2 aromatic heterocycles. The summed E-state index contributed by atoms with van der Waals surface area (Å²) < 4.78 is 1.84. The van der Waals surface area contributed by atoms with Gasteiger partial charge in [-0.15, -0.1) is 10.2 Å². The Balaban J connectivity index is 2.00. The van der Waals surface area contributed by atoms with E-state index < -0.39 is 0 Å². The van der Waals surface area contributed by atoms with E-state index in [2.05, 4.69) is 15.2 Å². The van der Waals surface area contributed by atoms with E-state index in [1.165, 1.54) is 0 Å². The summed E-state index contributed by atoms with van der Waals surface area (Å²) in [4.78, 5) is 3.96. The summed E-state index contributed by atoms with van der Waals surface area (Å²) in [6, 6.07) is 7.64. The van der Waals surface area contributed by atoms with E-state index in [0.29, 0.717) is 17.2 Å². The van der Waals surface area contributed by atoms with Crippen LogP contribution in [0.5, 0.6) is 0 Å². The van der Waals surface area contributed by atoms with Crippen molar-refractivity contribution in [1.29, 1.82) is 0 Å². The lowest BCUT2D eigenvalue weighted by atomic mass is 10.1. The largest absolute Gasteiger partial charge is 0.282 e. The number of hydrogen-bond donors (Lipinski definition) is 0. The van der Waals surface area contributed by atoms with Crippen molar-refractivity contribution in [3.05, 3.63) is 58.2 Å². The van der Waals surface area contributed by atoms with Gasteiger partial charge in [0.05, 0.1) is 0 Å². The first-order valence-corrected chi connectivity index (χ1v) is 6.08. The molecule has 0 fully saturated rings. The van der Waals surface area contributed by atoms with E-state index in [1.807, 2.05) is 28.7 Å². The fraction of sp³-hybridized carbons (Fsp3) is 0.0833. The highest BCUT2D eigenvalue weighted by molar-refractivity contribution is 6.32. The van der Waals surface area contributed by atoms with E-state index >= 15 is 0 Å². The first-order valence-electron chi connectivity index (χ1n) is 5.32. The molecule has 0 amide bonds. The molecular formula is C12H8Cl2N4. The summed E-state index contributed by atoms with van der Waals surface area (Å²) in [6.45, 7) is 0. The van der Waals surface area contributed by atoms with Crippen molar-refractivity contribution in [3.63, 3.8) is 0 Å². The summed E-state index contributed by atoms with van der Waals surface area (Å²) in [7, 11) is 0. The predicted octanol–water partition coefficient (Wildman–Crippen LogP) is 3.02. The van der Waals surface area contributed by atoms with Crippen LogP contribution in [-0.2, 0) is 6.42 Å². The second-order valence-corrected chi connectivity index (χ2v) is 4.63. The molecule has 0 spiro atoms. The topological polar surface area (TPSA) is 43.1 Å². The number of hydrogen-bond acceptors (Lipinski definition) is 3. The number of aromatic nitrogens is 4. The van der Waals surface area contributed by atoms with E-state index in [1.54, 1.807) is 12.4 Å². The Kier molecular flexibility index (Phi) is 2.89. The van der Waals surface area contributed by atoms with Crippen LogP contribution in [-0.4, -0.2) is 19.6 Å². The zero-order chi connectivity index (χ0) is 12.5. The van der Waals surface area contributed by atoms with Crippen LogP contribution in [0, 0.1) is 0 Å². The zero-order valence-corrected chi connectivity index (χ0v) is 10.7. The quantitative estimate of drug-likeness (QED) is 0.724. The van der Waals surface area contributed by atoms with E-state index in [9.17, 15) is 0 Å². The van der Waals surface area contributed by atoms with Gasteiger partial charge in [-0.3, -0.25) is 4.40 Å². The smallest absolute Gasteiger partial charge is 0.198 e. The van der Waals surface area contributed by atoms with Crippen molar-refractivity contribution < 1.29 is 0 Å². The second-order valence-electron chi connectivity index (χ2n) is 3.83. The highest BCUT2D eigenvalue weighted by atomic mass is 35.5. The van der Waals surface area contributed by atoms with Crippen LogP contribution in [0.1, 0.15) is 11.4 Å². The third kappa shape index (κ3) is 2.05. The molecule has 0 saturated heterocycles. The molecule has 1 aromatic carbocycles. The standard InChI is InChI=1S/C12H8Cl2N4/c13-9-3-1-8(2-4-9)7-10-16-17-12-11(14)15-5-6-18(10)12/h1-6H,7H2. The Labute approximate surface area is 113 Å². The van der Waals surface area contributed by atoms with Crippen molar-refractivity contribution in [3.8, 4) is 0 Å². The Morgan fingerprint density at radius 1 is 1.06 bits per heavy atom. The van der Waals surface area contributed by atoms with Crippen LogP contribution >= 0.6 is 23.2 Å². The highest BCUT2D eigenvalue weighted by Crippen LogP contribution is 2.16. The molecule has 0 saturated carbocycles. The van der Waals surface area contributed by atoms with Gasteiger partial charge < -0.3 is 0 Å². The Morgan fingerprint density at radius 2 is 1.83 bits per heavy atom. The normalized spacial score (nSPS) is 11.0. The predicted molar refractivity (Wildman–Crippen MR) is 70.1 cm³/mol. The molecule has 6 heteroatoms. The van der Waals surface area contributed by atoms with Gasteiger partial charge in [-0.1, -0.05) is 35.3 Å².